The molecule has 9 heteroatoms. The lowest BCUT2D eigenvalue weighted by molar-refractivity contribution is 0.0951. The summed E-state index contributed by atoms with van der Waals surface area (Å²) in [6.07, 6.45) is 3.38. The molecule has 0 unspecified atom stereocenters. The first-order valence-electron chi connectivity index (χ1n) is 9.50. The Morgan fingerprint density at radius 2 is 1.94 bits per heavy atom. The third-order valence-corrected chi connectivity index (χ3v) is 5.48. The number of aromatic nitrogens is 4. The molecule has 1 amide bonds. The second-order valence-corrected chi connectivity index (χ2v) is 7.74. The summed E-state index contributed by atoms with van der Waals surface area (Å²) in [6, 6.07) is 18.1. The molecule has 0 radical (unpaired) electrons. The van der Waals surface area contributed by atoms with E-state index < -0.39 is 0 Å². The number of anilines is 2. The van der Waals surface area contributed by atoms with Crippen LogP contribution in [0.3, 0.4) is 0 Å². The molecule has 0 aliphatic heterocycles. The minimum absolute atomic E-state index is 0.247. The van der Waals surface area contributed by atoms with Gasteiger partial charge in [0.1, 0.15) is 0 Å². The van der Waals surface area contributed by atoms with Crippen molar-refractivity contribution in [2.45, 2.75) is 6.54 Å². The number of carbonyl (C=O) groups excluding carboxylic acids is 1. The fourth-order valence-corrected chi connectivity index (χ4v) is 3.95. The maximum Gasteiger partial charge on any atom is 0.283 e. The highest BCUT2D eigenvalue weighted by Gasteiger charge is 2.13. The molecule has 5 aromatic rings. The van der Waals surface area contributed by atoms with Crippen molar-refractivity contribution in [3.8, 4) is 0 Å². The molecule has 0 saturated heterocycles. The smallest absolute Gasteiger partial charge is 0.283 e. The molecular formula is C22H16N6O2S. The molecule has 0 saturated carbocycles. The third kappa shape index (κ3) is 3.86. The molecule has 152 valence electrons. The van der Waals surface area contributed by atoms with E-state index >= 15 is 0 Å². The molecule has 3 aromatic heterocycles. The fraction of sp³-hybridized carbons (Fsp3) is 0.0455. The molecule has 5 rings (SSSR count). The van der Waals surface area contributed by atoms with E-state index in [2.05, 4.69) is 25.7 Å². The molecule has 31 heavy (non-hydrogen) atoms. The van der Waals surface area contributed by atoms with Crippen molar-refractivity contribution < 1.29 is 4.79 Å². The summed E-state index contributed by atoms with van der Waals surface area (Å²) in [5.41, 5.74) is 2.37. The Kier molecular flexibility index (Phi) is 4.85. The quantitative estimate of drug-likeness (QED) is 0.445. The minimum atomic E-state index is -0.278. The molecule has 0 aliphatic rings. The number of pyridine rings is 1. The monoisotopic (exact) mass is 428 g/mol. The van der Waals surface area contributed by atoms with Gasteiger partial charge in [-0.3, -0.25) is 14.6 Å². The van der Waals surface area contributed by atoms with E-state index in [1.54, 1.807) is 30.6 Å². The Labute approximate surface area is 180 Å². The van der Waals surface area contributed by atoms with Gasteiger partial charge < -0.3 is 10.6 Å². The van der Waals surface area contributed by atoms with Crippen LogP contribution in [0.15, 0.2) is 77.9 Å². The van der Waals surface area contributed by atoms with Gasteiger partial charge in [-0.2, -0.15) is 4.52 Å². The van der Waals surface area contributed by atoms with Crippen LogP contribution in [-0.4, -0.2) is 25.5 Å². The van der Waals surface area contributed by atoms with Gasteiger partial charge in [0, 0.05) is 30.2 Å². The Hall–Kier alpha value is -4.11. The van der Waals surface area contributed by atoms with E-state index in [9.17, 15) is 9.59 Å². The number of nitrogens with zero attached hydrogens (tertiary/aromatic N) is 4. The van der Waals surface area contributed by atoms with Crippen molar-refractivity contribution in [3.63, 3.8) is 0 Å². The van der Waals surface area contributed by atoms with Crippen LogP contribution < -0.4 is 16.2 Å². The number of hydrogen-bond acceptors (Lipinski definition) is 7. The lowest BCUT2D eigenvalue weighted by Gasteiger charge is -2.06. The highest BCUT2D eigenvalue weighted by Crippen LogP contribution is 2.23. The number of para-hydroxylation sites is 1. The van der Waals surface area contributed by atoms with Crippen LogP contribution in [0.2, 0.25) is 0 Å². The predicted octanol–water partition coefficient (Wildman–Crippen LogP) is 3.37. The Bertz CT molecular complexity index is 1450. The zero-order valence-corrected chi connectivity index (χ0v) is 17.0. The number of fused-ring (bicyclic) bond motifs is 2. The molecular weight excluding hydrogens is 412 g/mol. The average molecular weight is 428 g/mol. The van der Waals surface area contributed by atoms with Crippen LogP contribution in [-0.2, 0) is 6.54 Å². The van der Waals surface area contributed by atoms with E-state index in [-0.39, 0.29) is 11.5 Å². The SMILES string of the molecule is O=C(NCc1cccnc1)c1ccc2c(=O)n3nc(Nc4ccccc4)sc3nc2c1. The molecule has 2 N–H and O–H groups in total. The van der Waals surface area contributed by atoms with Crippen LogP contribution in [0.4, 0.5) is 10.8 Å². The molecule has 0 aliphatic carbocycles. The second kappa shape index (κ2) is 7.96. The summed E-state index contributed by atoms with van der Waals surface area (Å²) in [5, 5.41) is 11.3. The van der Waals surface area contributed by atoms with Crippen LogP contribution in [0.5, 0.6) is 0 Å². The maximum atomic E-state index is 12.9. The van der Waals surface area contributed by atoms with E-state index in [1.165, 1.54) is 15.9 Å². The van der Waals surface area contributed by atoms with Crippen LogP contribution in [0, 0.1) is 0 Å². The topological polar surface area (TPSA) is 101 Å². The van der Waals surface area contributed by atoms with Gasteiger partial charge in [-0.25, -0.2) is 4.98 Å². The van der Waals surface area contributed by atoms with Crippen molar-refractivity contribution in [1.82, 2.24) is 24.9 Å². The lowest BCUT2D eigenvalue weighted by Crippen LogP contribution is -2.23. The first-order valence-corrected chi connectivity index (χ1v) is 10.3. The highest BCUT2D eigenvalue weighted by atomic mass is 32.1. The van der Waals surface area contributed by atoms with Gasteiger partial charge in [0.25, 0.3) is 11.5 Å². The number of benzene rings is 2. The minimum Gasteiger partial charge on any atom is -0.348 e. The molecule has 8 nitrogen and oxygen atoms in total. The fourth-order valence-electron chi connectivity index (χ4n) is 3.13. The van der Waals surface area contributed by atoms with Gasteiger partial charge >= 0.3 is 0 Å². The number of amides is 1. The Morgan fingerprint density at radius 1 is 1.06 bits per heavy atom. The molecule has 0 fully saturated rings. The standard InChI is InChI=1S/C22H16N6O2S/c29-19(24-13-14-5-4-10-23-12-14)15-8-9-17-18(11-15)26-22-28(20(17)30)27-21(31-22)25-16-6-2-1-3-7-16/h1-12H,13H2,(H,24,29)(H,25,27). The summed E-state index contributed by atoms with van der Waals surface area (Å²) in [5.74, 6) is -0.247. The normalized spacial score (nSPS) is 11.0. The van der Waals surface area contributed by atoms with Gasteiger partial charge in [-0.15, -0.1) is 5.10 Å². The summed E-state index contributed by atoms with van der Waals surface area (Å²) >= 11 is 1.27. The summed E-state index contributed by atoms with van der Waals surface area (Å²) in [4.78, 5) is 34.5. The zero-order valence-electron chi connectivity index (χ0n) is 16.1. The van der Waals surface area contributed by atoms with Crippen molar-refractivity contribution >= 4 is 43.9 Å². The predicted molar refractivity (Wildman–Crippen MR) is 120 cm³/mol. The van der Waals surface area contributed by atoms with Crippen LogP contribution >= 0.6 is 11.3 Å². The zero-order chi connectivity index (χ0) is 21.2. The van der Waals surface area contributed by atoms with Gasteiger partial charge in [0.05, 0.1) is 10.9 Å². The van der Waals surface area contributed by atoms with Crippen molar-refractivity contribution in [1.29, 1.82) is 0 Å². The average Bonchev–Trinajstić information content (AvgIpc) is 3.21. The van der Waals surface area contributed by atoms with Crippen LogP contribution in [0.1, 0.15) is 15.9 Å². The maximum absolute atomic E-state index is 12.9. The third-order valence-electron chi connectivity index (χ3n) is 4.66. The van der Waals surface area contributed by atoms with Crippen LogP contribution in [0.25, 0.3) is 15.9 Å². The van der Waals surface area contributed by atoms with Crippen molar-refractivity contribution in [2.24, 2.45) is 0 Å². The first-order chi connectivity index (χ1) is 15.2. The largest absolute Gasteiger partial charge is 0.348 e. The van der Waals surface area contributed by atoms with Gasteiger partial charge in [0.2, 0.25) is 10.1 Å². The van der Waals surface area contributed by atoms with E-state index in [0.29, 0.717) is 33.1 Å². The van der Waals surface area contributed by atoms with Crippen molar-refractivity contribution in [2.75, 3.05) is 5.32 Å². The number of carbonyl (C=O) groups is 1. The van der Waals surface area contributed by atoms with Gasteiger partial charge in [-0.05, 0) is 42.0 Å². The molecule has 0 atom stereocenters. The molecule has 0 spiro atoms. The summed E-state index contributed by atoms with van der Waals surface area (Å²) < 4.78 is 1.28. The van der Waals surface area contributed by atoms with E-state index in [0.717, 1.165) is 11.3 Å². The molecule has 2 aromatic carbocycles. The number of hydrogen-bond donors (Lipinski definition) is 2. The van der Waals surface area contributed by atoms with Gasteiger partial charge in [-0.1, -0.05) is 35.6 Å². The summed E-state index contributed by atoms with van der Waals surface area (Å²) in [7, 11) is 0. The Balaban J connectivity index is 1.44. The molecule has 3 heterocycles. The molecule has 0 bridgehead atoms. The van der Waals surface area contributed by atoms with Gasteiger partial charge in [0.15, 0.2) is 0 Å². The number of rotatable bonds is 5. The van der Waals surface area contributed by atoms with E-state index in [1.807, 2.05) is 42.5 Å². The summed E-state index contributed by atoms with van der Waals surface area (Å²) in [6.45, 7) is 0.364. The second-order valence-electron chi connectivity index (χ2n) is 6.79. The van der Waals surface area contributed by atoms with E-state index in [4.69, 9.17) is 0 Å². The first kappa shape index (κ1) is 18.9. The van der Waals surface area contributed by atoms with Crippen molar-refractivity contribution in [3.05, 3.63) is 94.5 Å². The highest BCUT2D eigenvalue weighted by molar-refractivity contribution is 7.20. The lowest BCUT2D eigenvalue weighted by atomic mass is 10.1. The Morgan fingerprint density at radius 3 is 2.74 bits per heavy atom. The number of nitrogens with one attached hydrogen (secondary N) is 2.